The van der Waals surface area contributed by atoms with Crippen LogP contribution in [-0.4, -0.2) is 6.04 Å². The molecule has 0 aromatic heterocycles. The molecule has 0 bridgehead atoms. The molecule has 1 aromatic rings. The minimum atomic E-state index is 0.315. The van der Waals surface area contributed by atoms with Crippen LogP contribution in [0.5, 0.6) is 0 Å². The van der Waals surface area contributed by atoms with Gasteiger partial charge in [-0.15, -0.1) is 0 Å². The monoisotopic (exact) mass is 254 g/mol. The van der Waals surface area contributed by atoms with E-state index in [4.69, 9.17) is 11.5 Å². The summed E-state index contributed by atoms with van der Waals surface area (Å²) in [6.07, 6.45) is 3.57. The molecular weight excluding hydrogens is 240 g/mol. The summed E-state index contributed by atoms with van der Waals surface area (Å²) in [5, 5.41) is 0. The van der Waals surface area contributed by atoms with E-state index in [-0.39, 0.29) is 0 Å². The molecule has 1 fully saturated rings. The summed E-state index contributed by atoms with van der Waals surface area (Å²) in [5.41, 5.74) is 14.0. The Morgan fingerprint density at radius 2 is 2.07 bits per heavy atom. The van der Waals surface area contributed by atoms with Crippen molar-refractivity contribution in [1.29, 1.82) is 0 Å². The molecule has 3 heteroatoms. The molecule has 0 radical (unpaired) electrons. The maximum absolute atomic E-state index is 6.05. The van der Waals surface area contributed by atoms with Gasteiger partial charge in [0.1, 0.15) is 0 Å². The van der Waals surface area contributed by atoms with Crippen molar-refractivity contribution in [3.63, 3.8) is 0 Å². The SMILES string of the molecule is Nc1cc(C2CCCC2N)ccc1Br. The van der Waals surface area contributed by atoms with E-state index in [1.165, 1.54) is 18.4 Å². The quantitative estimate of drug-likeness (QED) is 0.758. The molecule has 0 saturated heterocycles. The van der Waals surface area contributed by atoms with Crippen molar-refractivity contribution in [3.05, 3.63) is 28.2 Å². The molecule has 14 heavy (non-hydrogen) atoms. The van der Waals surface area contributed by atoms with Crippen LogP contribution >= 0.6 is 15.9 Å². The Morgan fingerprint density at radius 3 is 2.64 bits per heavy atom. The van der Waals surface area contributed by atoms with Gasteiger partial charge < -0.3 is 11.5 Å². The largest absolute Gasteiger partial charge is 0.398 e. The summed E-state index contributed by atoms with van der Waals surface area (Å²) in [5.74, 6) is 0.505. The molecule has 1 saturated carbocycles. The van der Waals surface area contributed by atoms with Crippen molar-refractivity contribution < 1.29 is 0 Å². The highest BCUT2D eigenvalue weighted by molar-refractivity contribution is 9.10. The van der Waals surface area contributed by atoms with E-state index in [2.05, 4.69) is 22.0 Å². The van der Waals surface area contributed by atoms with Gasteiger partial charge >= 0.3 is 0 Å². The maximum atomic E-state index is 6.05. The Hall–Kier alpha value is -0.540. The lowest BCUT2D eigenvalue weighted by Gasteiger charge is -2.16. The number of benzene rings is 1. The van der Waals surface area contributed by atoms with Crippen LogP contribution in [0.15, 0.2) is 22.7 Å². The Bertz CT molecular complexity index is 338. The fourth-order valence-corrected chi connectivity index (χ4v) is 2.44. The summed E-state index contributed by atoms with van der Waals surface area (Å²) in [6, 6.07) is 6.49. The number of anilines is 1. The Balaban J connectivity index is 2.28. The van der Waals surface area contributed by atoms with Gasteiger partial charge in [0, 0.05) is 16.2 Å². The number of nitrogen functional groups attached to an aromatic ring is 1. The van der Waals surface area contributed by atoms with Crippen molar-refractivity contribution in [1.82, 2.24) is 0 Å². The van der Waals surface area contributed by atoms with Crippen molar-refractivity contribution in [2.24, 2.45) is 5.73 Å². The number of hydrogen-bond donors (Lipinski definition) is 2. The van der Waals surface area contributed by atoms with Crippen LogP contribution in [-0.2, 0) is 0 Å². The van der Waals surface area contributed by atoms with E-state index in [9.17, 15) is 0 Å². The summed E-state index contributed by atoms with van der Waals surface area (Å²) < 4.78 is 0.966. The van der Waals surface area contributed by atoms with Crippen molar-refractivity contribution in [3.8, 4) is 0 Å². The van der Waals surface area contributed by atoms with Gasteiger partial charge in [0.25, 0.3) is 0 Å². The third-order valence-electron chi connectivity index (χ3n) is 3.02. The van der Waals surface area contributed by atoms with Gasteiger partial charge in [-0.2, -0.15) is 0 Å². The minimum absolute atomic E-state index is 0.315. The number of nitrogens with two attached hydrogens (primary N) is 2. The predicted octanol–water partition coefficient (Wildman–Crippen LogP) is 2.63. The molecule has 4 N–H and O–H groups in total. The van der Waals surface area contributed by atoms with E-state index in [0.717, 1.165) is 16.6 Å². The molecule has 1 aliphatic carbocycles. The van der Waals surface area contributed by atoms with Crippen LogP contribution in [0, 0.1) is 0 Å². The van der Waals surface area contributed by atoms with Gasteiger partial charge in [-0.05, 0) is 52.4 Å². The van der Waals surface area contributed by atoms with Crippen LogP contribution in [0.3, 0.4) is 0 Å². The second kappa shape index (κ2) is 3.91. The normalized spacial score (nSPS) is 26.7. The molecule has 2 rings (SSSR count). The minimum Gasteiger partial charge on any atom is -0.398 e. The first kappa shape index (κ1) is 9.99. The first-order chi connectivity index (χ1) is 6.68. The number of halogens is 1. The third kappa shape index (κ3) is 1.79. The van der Waals surface area contributed by atoms with Crippen molar-refractivity contribution >= 4 is 21.6 Å². The van der Waals surface area contributed by atoms with E-state index in [1.807, 2.05) is 12.1 Å². The molecule has 0 amide bonds. The van der Waals surface area contributed by atoms with E-state index in [0.29, 0.717) is 12.0 Å². The lowest BCUT2D eigenvalue weighted by Crippen LogP contribution is -2.22. The molecule has 2 nitrogen and oxygen atoms in total. The highest BCUT2D eigenvalue weighted by atomic mass is 79.9. The van der Waals surface area contributed by atoms with Gasteiger partial charge in [0.05, 0.1) is 0 Å². The standard InChI is InChI=1S/C11H15BrN2/c12-9-5-4-7(6-11(9)14)8-2-1-3-10(8)13/h4-6,8,10H,1-3,13-14H2. The Labute approximate surface area is 92.8 Å². The van der Waals surface area contributed by atoms with Gasteiger partial charge in [-0.25, -0.2) is 0 Å². The molecule has 1 aromatic carbocycles. The zero-order chi connectivity index (χ0) is 10.1. The summed E-state index contributed by atoms with van der Waals surface area (Å²) in [6.45, 7) is 0. The zero-order valence-electron chi connectivity index (χ0n) is 8.04. The fraction of sp³-hybridized carbons (Fsp3) is 0.455. The fourth-order valence-electron chi connectivity index (χ4n) is 2.20. The van der Waals surface area contributed by atoms with Crippen LogP contribution in [0.4, 0.5) is 5.69 Å². The first-order valence-corrected chi connectivity index (χ1v) is 5.78. The highest BCUT2D eigenvalue weighted by Crippen LogP contribution is 2.35. The van der Waals surface area contributed by atoms with Crippen LogP contribution in [0.2, 0.25) is 0 Å². The third-order valence-corrected chi connectivity index (χ3v) is 3.74. The van der Waals surface area contributed by atoms with Gasteiger partial charge in [-0.3, -0.25) is 0 Å². The molecule has 2 atom stereocenters. The van der Waals surface area contributed by atoms with Crippen LogP contribution in [0.1, 0.15) is 30.7 Å². The van der Waals surface area contributed by atoms with Crippen LogP contribution < -0.4 is 11.5 Å². The smallest absolute Gasteiger partial charge is 0.0461 e. The number of hydrogen-bond acceptors (Lipinski definition) is 2. The zero-order valence-corrected chi connectivity index (χ0v) is 9.63. The molecule has 76 valence electrons. The van der Waals surface area contributed by atoms with E-state index >= 15 is 0 Å². The molecule has 2 unspecified atom stereocenters. The van der Waals surface area contributed by atoms with Crippen LogP contribution in [0.25, 0.3) is 0 Å². The van der Waals surface area contributed by atoms with E-state index in [1.54, 1.807) is 0 Å². The Kier molecular flexibility index (Phi) is 2.79. The number of rotatable bonds is 1. The lowest BCUT2D eigenvalue weighted by molar-refractivity contribution is 0.613. The van der Waals surface area contributed by atoms with Crippen molar-refractivity contribution in [2.75, 3.05) is 5.73 Å². The highest BCUT2D eigenvalue weighted by Gasteiger charge is 2.25. The average molecular weight is 255 g/mol. The average Bonchev–Trinajstić information content (AvgIpc) is 2.57. The van der Waals surface area contributed by atoms with Crippen molar-refractivity contribution in [2.45, 2.75) is 31.2 Å². The lowest BCUT2D eigenvalue weighted by atomic mass is 9.94. The summed E-state index contributed by atoms with van der Waals surface area (Å²) >= 11 is 3.40. The Morgan fingerprint density at radius 1 is 1.29 bits per heavy atom. The first-order valence-electron chi connectivity index (χ1n) is 4.99. The second-order valence-corrected chi connectivity index (χ2v) is 4.84. The van der Waals surface area contributed by atoms with Gasteiger partial charge in [0.15, 0.2) is 0 Å². The molecular formula is C11H15BrN2. The molecule has 1 aliphatic rings. The maximum Gasteiger partial charge on any atom is 0.0461 e. The topological polar surface area (TPSA) is 52.0 Å². The molecule has 0 aliphatic heterocycles. The summed E-state index contributed by atoms with van der Waals surface area (Å²) in [7, 11) is 0. The summed E-state index contributed by atoms with van der Waals surface area (Å²) in [4.78, 5) is 0. The van der Waals surface area contributed by atoms with Gasteiger partial charge in [0.2, 0.25) is 0 Å². The molecule has 0 heterocycles. The molecule has 0 spiro atoms. The second-order valence-electron chi connectivity index (χ2n) is 3.98. The predicted molar refractivity (Wildman–Crippen MR) is 63.1 cm³/mol. The van der Waals surface area contributed by atoms with E-state index < -0.39 is 0 Å². The van der Waals surface area contributed by atoms with Gasteiger partial charge in [-0.1, -0.05) is 12.5 Å².